The highest BCUT2D eigenvalue weighted by Crippen LogP contribution is 2.39. The Bertz CT molecular complexity index is 526. The normalized spacial score (nSPS) is 18.1. The quantitative estimate of drug-likeness (QED) is 0.544. The van der Waals surface area contributed by atoms with E-state index in [0.717, 1.165) is 12.8 Å². The van der Waals surface area contributed by atoms with Gasteiger partial charge in [-0.2, -0.15) is 0 Å². The van der Waals surface area contributed by atoms with Crippen molar-refractivity contribution in [3.63, 3.8) is 0 Å². The Kier molecular flexibility index (Phi) is 3.56. The van der Waals surface area contributed by atoms with Gasteiger partial charge in [-0.05, 0) is 30.4 Å². The Balaban J connectivity index is 2.15. The van der Waals surface area contributed by atoms with Crippen molar-refractivity contribution in [1.82, 2.24) is 9.71 Å². The zero-order chi connectivity index (χ0) is 13.2. The SMILES string of the molecule is CC1(CNS(=O)(=O)c2cccnc2NN)CCC1. The number of hydrogen-bond acceptors (Lipinski definition) is 5. The van der Waals surface area contributed by atoms with Gasteiger partial charge < -0.3 is 5.43 Å². The van der Waals surface area contributed by atoms with Crippen molar-refractivity contribution in [1.29, 1.82) is 0 Å². The molecule has 100 valence electrons. The number of hydrazine groups is 1. The number of anilines is 1. The molecule has 4 N–H and O–H groups in total. The van der Waals surface area contributed by atoms with Gasteiger partial charge in [0.1, 0.15) is 4.90 Å². The van der Waals surface area contributed by atoms with Crippen LogP contribution in [0.5, 0.6) is 0 Å². The van der Waals surface area contributed by atoms with Gasteiger partial charge in [0.05, 0.1) is 0 Å². The molecule has 0 aliphatic heterocycles. The zero-order valence-corrected chi connectivity index (χ0v) is 11.1. The number of pyridine rings is 1. The van der Waals surface area contributed by atoms with Crippen LogP contribution in [0.2, 0.25) is 0 Å². The maximum absolute atomic E-state index is 12.2. The molecule has 1 fully saturated rings. The minimum absolute atomic E-state index is 0.0791. The summed E-state index contributed by atoms with van der Waals surface area (Å²) >= 11 is 0. The topological polar surface area (TPSA) is 97.1 Å². The minimum Gasteiger partial charge on any atom is -0.307 e. The van der Waals surface area contributed by atoms with Crippen molar-refractivity contribution in [2.45, 2.75) is 31.1 Å². The summed E-state index contributed by atoms with van der Waals surface area (Å²) in [5.41, 5.74) is 2.39. The molecule has 7 heteroatoms. The number of nitrogens with two attached hydrogens (primary N) is 1. The van der Waals surface area contributed by atoms with Gasteiger partial charge in [0.2, 0.25) is 10.0 Å². The molecule has 0 unspecified atom stereocenters. The summed E-state index contributed by atoms with van der Waals surface area (Å²) in [6.07, 6.45) is 4.78. The number of hydrogen-bond donors (Lipinski definition) is 3. The molecule has 0 radical (unpaired) electrons. The number of rotatable bonds is 5. The van der Waals surface area contributed by atoms with E-state index in [1.165, 1.54) is 18.7 Å². The first kappa shape index (κ1) is 13.3. The van der Waals surface area contributed by atoms with Crippen LogP contribution in [0.4, 0.5) is 5.82 Å². The van der Waals surface area contributed by atoms with Crippen LogP contribution in [-0.4, -0.2) is 19.9 Å². The fourth-order valence-corrected chi connectivity index (χ4v) is 3.34. The molecule has 1 aromatic heterocycles. The summed E-state index contributed by atoms with van der Waals surface area (Å²) in [7, 11) is -3.57. The Morgan fingerprint density at radius 2 is 2.22 bits per heavy atom. The molecule has 0 aromatic carbocycles. The highest BCUT2D eigenvalue weighted by molar-refractivity contribution is 7.89. The van der Waals surface area contributed by atoms with E-state index in [1.54, 1.807) is 6.07 Å². The van der Waals surface area contributed by atoms with Crippen molar-refractivity contribution in [2.75, 3.05) is 12.0 Å². The Hall–Kier alpha value is -1.18. The predicted molar refractivity (Wildman–Crippen MR) is 69.2 cm³/mol. The van der Waals surface area contributed by atoms with Crippen LogP contribution in [-0.2, 0) is 10.0 Å². The van der Waals surface area contributed by atoms with Gasteiger partial charge in [-0.3, -0.25) is 0 Å². The van der Waals surface area contributed by atoms with Gasteiger partial charge >= 0.3 is 0 Å². The van der Waals surface area contributed by atoms with Gasteiger partial charge in [0.25, 0.3) is 0 Å². The third-order valence-corrected chi connectivity index (χ3v) is 4.88. The van der Waals surface area contributed by atoms with Crippen LogP contribution in [0.3, 0.4) is 0 Å². The van der Waals surface area contributed by atoms with Crippen LogP contribution in [0, 0.1) is 5.41 Å². The van der Waals surface area contributed by atoms with Gasteiger partial charge in [-0.15, -0.1) is 0 Å². The summed E-state index contributed by atoms with van der Waals surface area (Å²) < 4.78 is 26.9. The average molecular weight is 270 g/mol. The molecule has 0 bridgehead atoms. The highest BCUT2D eigenvalue weighted by Gasteiger charge is 2.33. The molecule has 0 amide bonds. The van der Waals surface area contributed by atoms with Crippen molar-refractivity contribution in [3.05, 3.63) is 18.3 Å². The van der Waals surface area contributed by atoms with Crippen LogP contribution in [0.25, 0.3) is 0 Å². The van der Waals surface area contributed by atoms with Crippen LogP contribution in [0.1, 0.15) is 26.2 Å². The molecular weight excluding hydrogens is 252 g/mol. The highest BCUT2D eigenvalue weighted by atomic mass is 32.2. The van der Waals surface area contributed by atoms with Gasteiger partial charge in [-0.1, -0.05) is 13.3 Å². The second kappa shape index (κ2) is 4.83. The average Bonchev–Trinajstić information content (AvgIpc) is 2.34. The third kappa shape index (κ3) is 2.63. The van der Waals surface area contributed by atoms with E-state index in [-0.39, 0.29) is 16.1 Å². The monoisotopic (exact) mass is 270 g/mol. The van der Waals surface area contributed by atoms with Crippen molar-refractivity contribution in [2.24, 2.45) is 11.3 Å². The molecule has 1 heterocycles. The largest absolute Gasteiger partial charge is 0.307 e. The molecule has 1 saturated carbocycles. The van der Waals surface area contributed by atoms with E-state index in [9.17, 15) is 8.42 Å². The van der Waals surface area contributed by atoms with Gasteiger partial charge in [-0.25, -0.2) is 24.0 Å². The van der Waals surface area contributed by atoms with Crippen LogP contribution >= 0.6 is 0 Å². The Labute approximate surface area is 107 Å². The molecule has 0 spiro atoms. The number of sulfonamides is 1. The summed E-state index contributed by atoms with van der Waals surface area (Å²) in [4.78, 5) is 3.97. The van der Waals surface area contributed by atoms with E-state index in [1.807, 2.05) is 0 Å². The Morgan fingerprint density at radius 3 is 2.78 bits per heavy atom. The van der Waals surface area contributed by atoms with Crippen molar-refractivity contribution >= 4 is 15.8 Å². The fraction of sp³-hybridized carbons (Fsp3) is 0.545. The summed E-state index contributed by atoms with van der Waals surface area (Å²) in [5.74, 6) is 5.42. The van der Waals surface area contributed by atoms with E-state index < -0.39 is 10.0 Å². The lowest BCUT2D eigenvalue weighted by Crippen LogP contribution is -2.40. The molecular formula is C11H18N4O2S. The van der Waals surface area contributed by atoms with E-state index in [4.69, 9.17) is 5.84 Å². The molecule has 0 saturated heterocycles. The first-order valence-corrected chi connectivity index (χ1v) is 7.36. The Morgan fingerprint density at radius 1 is 1.50 bits per heavy atom. The lowest BCUT2D eigenvalue weighted by atomic mass is 9.71. The molecule has 2 rings (SSSR count). The molecule has 18 heavy (non-hydrogen) atoms. The standard InChI is InChI=1S/C11H18N4O2S/c1-11(5-3-6-11)8-14-18(16,17)9-4-2-7-13-10(9)15-12/h2,4,7,14H,3,5-6,8,12H2,1H3,(H,13,15). The number of nitrogens with zero attached hydrogens (tertiary/aromatic N) is 1. The van der Waals surface area contributed by atoms with Crippen molar-refractivity contribution in [3.8, 4) is 0 Å². The number of nitrogens with one attached hydrogen (secondary N) is 2. The van der Waals surface area contributed by atoms with E-state index >= 15 is 0 Å². The zero-order valence-electron chi connectivity index (χ0n) is 10.3. The van der Waals surface area contributed by atoms with E-state index in [0.29, 0.717) is 6.54 Å². The molecule has 0 atom stereocenters. The number of aromatic nitrogens is 1. The number of nitrogen functional groups attached to an aromatic ring is 1. The first-order chi connectivity index (χ1) is 8.47. The predicted octanol–water partition coefficient (Wildman–Crippen LogP) is 0.836. The second-order valence-electron chi connectivity index (χ2n) is 4.98. The summed E-state index contributed by atoms with van der Waals surface area (Å²) in [6, 6.07) is 3.05. The third-order valence-electron chi connectivity index (χ3n) is 3.45. The summed E-state index contributed by atoms with van der Waals surface area (Å²) in [5, 5.41) is 0. The lowest BCUT2D eigenvalue weighted by Gasteiger charge is -2.38. The van der Waals surface area contributed by atoms with Gasteiger partial charge in [0.15, 0.2) is 5.82 Å². The molecule has 1 aliphatic carbocycles. The summed E-state index contributed by atoms with van der Waals surface area (Å²) in [6.45, 7) is 2.54. The smallest absolute Gasteiger partial charge is 0.244 e. The second-order valence-corrected chi connectivity index (χ2v) is 6.72. The molecule has 6 nitrogen and oxygen atoms in total. The van der Waals surface area contributed by atoms with Gasteiger partial charge in [0, 0.05) is 12.7 Å². The molecule has 1 aliphatic rings. The minimum atomic E-state index is -3.57. The van der Waals surface area contributed by atoms with Crippen LogP contribution in [0.15, 0.2) is 23.2 Å². The lowest BCUT2D eigenvalue weighted by molar-refractivity contribution is 0.166. The van der Waals surface area contributed by atoms with E-state index in [2.05, 4.69) is 22.1 Å². The maximum atomic E-state index is 12.2. The maximum Gasteiger partial charge on any atom is 0.244 e. The first-order valence-electron chi connectivity index (χ1n) is 5.88. The van der Waals surface area contributed by atoms with Crippen molar-refractivity contribution < 1.29 is 8.42 Å². The molecule has 1 aromatic rings. The van der Waals surface area contributed by atoms with Crippen LogP contribution < -0.4 is 16.0 Å². The fourth-order valence-electron chi connectivity index (χ4n) is 2.02.